The molecule has 1 unspecified atom stereocenters. The lowest BCUT2D eigenvalue weighted by atomic mass is 9.79. The van der Waals surface area contributed by atoms with Crippen LogP contribution in [0.2, 0.25) is 0 Å². The van der Waals surface area contributed by atoms with Crippen molar-refractivity contribution < 1.29 is 9.18 Å². The molecule has 0 saturated carbocycles. The van der Waals surface area contributed by atoms with Crippen LogP contribution in [-0.2, 0) is 13.0 Å². The maximum Gasteiger partial charge on any atom is 0.274 e. The zero-order chi connectivity index (χ0) is 19.6. The maximum absolute atomic E-state index is 13.2. The molecule has 1 atom stereocenters. The summed E-state index contributed by atoms with van der Waals surface area (Å²) in [4.78, 5) is 17.3. The van der Waals surface area contributed by atoms with E-state index in [1.165, 1.54) is 18.6 Å². The third-order valence-corrected chi connectivity index (χ3v) is 6.15. The molecule has 1 amide bonds. The number of halogens is 1. The monoisotopic (exact) mass is 384 g/mol. The van der Waals surface area contributed by atoms with Crippen molar-refractivity contribution in [2.24, 2.45) is 5.41 Å². The van der Waals surface area contributed by atoms with Crippen LogP contribution in [0, 0.1) is 11.2 Å². The first kappa shape index (κ1) is 19.1. The van der Waals surface area contributed by atoms with Crippen LogP contribution in [0.5, 0.6) is 0 Å². The van der Waals surface area contributed by atoms with Gasteiger partial charge in [-0.25, -0.2) is 4.39 Å². The van der Waals surface area contributed by atoms with E-state index in [1.807, 2.05) is 23.1 Å². The number of rotatable bonds is 5. The topological polar surface area (TPSA) is 52.2 Å². The van der Waals surface area contributed by atoms with Crippen LogP contribution in [-0.4, -0.2) is 52.1 Å². The Balaban J connectivity index is 1.38. The minimum absolute atomic E-state index is 0.0473. The number of amides is 1. The van der Waals surface area contributed by atoms with Crippen LogP contribution in [0.4, 0.5) is 4.39 Å². The van der Waals surface area contributed by atoms with E-state index in [0.717, 1.165) is 69.7 Å². The number of aromatic nitrogens is 2. The molecule has 0 radical (unpaired) electrons. The number of hydrogen-bond donors (Lipinski definition) is 1. The molecule has 2 aliphatic rings. The number of carbonyl (C=O) groups excluding carboxylic acids is 1. The number of nitrogens with zero attached hydrogens (tertiary/aromatic N) is 3. The van der Waals surface area contributed by atoms with E-state index in [2.05, 4.69) is 22.0 Å². The van der Waals surface area contributed by atoms with Crippen molar-refractivity contribution in [1.29, 1.82) is 0 Å². The normalized spacial score (nSPS) is 22.9. The highest BCUT2D eigenvalue weighted by atomic mass is 19.1. The van der Waals surface area contributed by atoms with Crippen molar-refractivity contribution in [2.75, 3.05) is 26.2 Å². The van der Waals surface area contributed by atoms with Gasteiger partial charge in [-0.05, 0) is 56.0 Å². The second-order valence-corrected chi connectivity index (χ2v) is 8.45. The van der Waals surface area contributed by atoms with Crippen molar-refractivity contribution >= 4 is 5.91 Å². The van der Waals surface area contributed by atoms with E-state index in [9.17, 15) is 9.18 Å². The first-order valence-electron chi connectivity index (χ1n) is 10.4. The van der Waals surface area contributed by atoms with E-state index in [1.54, 1.807) is 0 Å². The number of nitrogens with one attached hydrogen (secondary N) is 1. The molecule has 2 aromatic rings. The van der Waals surface area contributed by atoms with Gasteiger partial charge in [0.1, 0.15) is 11.5 Å². The fraction of sp³-hybridized carbons (Fsp3) is 0.545. The summed E-state index contributed by atoms with van der Waals surface area (Å²) in [5.41, 5.74) is 2.89. The molecule has 4 rings (SSSR count). The number of carbonyl (C=O) groups is 1. The first-order valence-corrected chi connectivity index (χ1v) is 10.4. The van der Waals surface area contributed by atoms with Crippen LogP contribution >= 0.6 is 0 Å². The lowest BCUT2D eigenvalue weighted by Crippen LogP contribution is -2.45. The predicted molar refractivity (Wildman–Crippen MR) is 106 cm³/mol. The van der Waals surface area contributed by atoms with Crippen molar-refractivity contribution in [1.82, 2.24) is 20.0 Å². The maximum atomic E-state index is 13.2. The standard InChI is InChI=1S/C22H29FN4O/c1-2-4-19-13-20(25-24-19)21(28)27-12-10-22(16-27)9-3-11-26(15-22)14-17-5-7-18(23)8-6-17/h5-8,13H,2-4,9-12,14-16H2,1H3,(H,24,25). The summed E-state index contributed by atoms with van der Waals surface area (Å²) in [6, 6.07) is 8.70. The van der Waals surface area contributed by atoms with Crippen molar-refractivity contribution in [2.45, 2.75) is 45.6 Å². The highest BCUT2D eigenvalue weighted by Crippen LogP contribution is 2.39. The molecule has 3 heterocycles. The second-order valence-electron chi connectivity index (χ2n) is 8.45. The summed E-state index contributed by atoms with van der Waals surface area (Å²) in [6.07, 6.45) is 5.31. The van der Waals surface area contributed by atoms with Gasteiger partial charge in [-0.3, -0.25) is 14.8 Å². The van der Waals surface area contributed by atoms with Gasteiger partial charge in [0.05, 0.1) is 0 Å². The van der Waals surface area contributed by atoms with Crippen molar-refractivity contribution in [3.05, 3.63) is 53.1 Å². The van der Waals surface area contributed by atoms with Crippen LogP contribution in [0.15, 0.2) is 30.3 Å². The van der Waals surface area contributed by atoms with E-state index in [4.69, 9.17) is 0 Å². The van der Waals surface area contributed by atoms with Crippen LogP contribution in [0.3, 0.4) is 0 Å². The third-order valence-electron chi connectivity index (χ3n) is 6.15. The Morgan fingerprint density at radius 1 is 1.21 bits per heavy atom. The van der Waals surface area contributed by atoms with Crippen molar-refractivity contribution in [3.8, 4) is 0 Å². The molecule has 2 fully saturated rings. The highest BCUT2D eigenvalue weighted by Gasteiger charge is 2.43. The number of benzene rings is 1. The molecule has 2 aliphatic heterocycles. The van der Waals surface area contributed by atoms with Gasteiger partial charge in [0.15, 0.2) is 0 Å². The lowest BCUT2D eigenvalue weighted by molar-refractivity contribution is 0.0671. The van der Waals surface area contributed by atoms with E-state index >= 15 is 0 Å². The fourth-order valence-electron chi connectivity index (χ4n) is 4.77. The Hall–Kier alpha value is -2.21. The quantitative estimate of drug-likeness (QED) is 0.856. The second kappa shape index (κ2) is 8.03. The Bertz CT molecular complexity index is 818. The van der Waals surface area contributed by atoms with Gasteiger partial charge < -0.3 is 4.90 Å². The minimum atomic E-state index is -0.190. The van der Waals surface area contributed by atoms with Crippen LogP contribution in [0.25, 0.3) is 0 Å². The highest BCUT2D eigenvalue weighted by molar-refractivity contribution is 5.92. The SMILES string of the molecule is CCCc1cc(C(=O)N2CCC3(CCCN(Cc4ccc(F)cc4)C3)C2)n[nH]1. The summed E-state index contributed by atoms with van der Waals surface area (Å²) in [5.74, 6) is -0.143. The zero-order valence-corrected chi connectivity index (χ0v) is 16.6. The average molecular weight is 384 g/mol. The van der Waals surface area contributed by atoms with Gasteiger partial charge in [0.25, 0.3) is 5.91 Å². The molecular formula is C22H29FN4O. The van der Waals surface area contributed by atoms with Crippen LogP contribution in [0.1, 0.15) is 54.4 Å². The lowest BCUT2D eigenvalue weighted by Gasteiger charge is -2.40. The van der Waals surface area contributed by atoms with E-state index in [-0.39, 0.29) is 17.1 Å². The summed E-state index contributed by atoms with van der Waals surface area (Å²) in [6.45, 7) is 6.63. The molecule has 1 aromatic heterocycles. The van der Waals surface area contributed by atoms with Gasteiger partial charge in [-0.15, -0.1) is 0 Å². The summed E-state index contributed by atoms with van der Waals surface area (Å²) in [7, 11) is 0. The van der Waals surface area contributed by atoms with Gasteiger partial charge >= 0.3 is 0 Å². The van der Waals surface area contributed by atoms with Gasteiger partial charge in [-0.1, -0.05) is 25.5 Å². The molecule has 2 saturated heterocycles. The summed E-state index contributed by atoms with van der Waals surface area (Å²) < 4.78 is 13.2. The largest absolute Gasteiger partial charge is 0.337 e. The molecule has 0 aliphatic carbocycles. The smallest absolute Gasteiger partial charge is 0.274 e. The Labute approximate surface area is 165 Å². The molecule has 150 valence electrons. The molecule has 1 N–H and O–H groups in total. The molecule has 0 bridgehead atoms. The van der Waals surface area contributed by atoms with Gasteiger partial charge in [0.2, 0.25) is 0 Å². The number of H-pyrrole nitrogens is 1. The molecule has 5 nitrogen and oxygen atoms in total. The average Bonchev–Trinajstić information content (AvgIpc) is 3.31. The predicted octanol–water partition coefficient (Wildman–Crippen LogP) is 3.63. The fourth-order valence-corrected chi connectivity index (χ4v) is 4.77. The number of hydrogen-bond acceptors (Lipinski definition) is 3. The number of piperidine rings is 1. The van der Waals surface area contributed by atoms with Crippen molar-refractivity contribution in [3.63, 3.8) is 0 Å². The van der Waals surface area contributed by atoms with E-state index < -0.39 is 0 Å². The number of likely N-dealkylation sites (tertiary alicyclic amines) is 2. The first-order chi connectivity index (χ1) is 13.6. The number of aryl methyl sites for hydroxylation is 1. The minimum Gasteiger partial charge on any atom is -0.337 e. The van der Waals surface area contributed by atoms with E-state index in [0.29, 0.717) is 5.69 Å². The Kier molecular flexibility index (Phi) is 5.49. The molecule has 6 heteroatoms. The Morgan fingerprint density at radius 3 is 2.82 bits per heavy atom. The molecule has 1 aromatic carbocycles. The van der Waals surface area contributed by atoms with Gasteiger partial charge in [0, 0.05) is 37.3 Å². The molecular weight excluding hydrogens is 355 g/mol. The number of aromatic amines is 1. The van der Waals surface area contributed by atoms with Crippen LogP contribution < -0.4 is 0 Å². The third kappa shape index (κ3) is 4.12. The summed E-state index contributed by atoms with van der Waals surface area (Å²) in [5, 5.41) is 7.22. The zero-order valence-electron chi connectivity index (χ0n) is 16.6. The Morgan fingerprint density at radius 2 is 2.04 bits per heavy atom. The molecule has 28 heavy (non-hydrogen) atoms. The van der Waals surface area contributed by atoms with Gasteiger partial charge in [-0.2, -0.15) is 5.10 Å². The summed E-state index contributed by atoms with van der Waals surface area (Å²) >= 11 is 0. The molecule has 1 spiro atoms.